The normalized spacial score (nSPS) is 16.2. The van der Waals surface area contributed by atoms with Gasteiger partial charge in [0.25, 0.3) is 0 Å². The van der Waals surface area contributed by atoms with E-state index in [0.29, 0.717) is 16.5 Å². The molecule has 7 heteroatoms. The van der Waals surface area contributed by atoms with Gasteiger partial charge in [0.05, 0.1) is 4.90 Å². The molecule has 1 heterocycles. The van der Waals surface area contributed by atoms with Gasteiger partial charge in [0.1, 0.15) is 0 Å². The van der Waals surface area contributed by atoms with Gasteiger partial charge in [-0.3, -0.25) is 4.79 Å². The van der Waals surface area contributed by atoms with Gasteiger partial charge in [-0.2, -0.15) is 0 Å². The van der Waals surface area contributed by atoms with Crippen molar-refractivity contribution >= 4 is 27.4 Å². The van der Waals surface area contributed by atoms with Crippen LogP contribution in [0.1, 0.15) is 41.1 Å². The molecule has 0 bridgehead atoms. The molecule has 3 aromatic carbocycles. The van der Waals surface area contributed by atoms with Gasteiger partial charge < -0.3 is 4.90 Å². The molecule has 0 amide bonds. The Morgan fingerprint density at radius 1 is 0.972 bits per heavy atom. The van der Waals surface area contributed by atoms with Crippen LogP contribution in [0, 0.1) is 5.92 Å². The first-order chi connectivity index (χ1) is 17.3. The highest BCUT2D eigenvalue weighted by atomic mass is 35.5. The molecule has 1 aliphatic heterocycles. The van der Waals surface area contributed by atoms with E-state index in [9.17, 15) is 13.2 Å². The molecule has 0 aromatic heterocycles. The quantitative estimate of drug-likeness (QED) is 0.318. The van der Waals surface area contributed by atoms with E-state index in [4.69, 9.17) is 11.6 Å². The first-order valence-corrected chi connectivity index (χ1v) is 14.2. The van der Waals surface area contributed by atoms with Crippen molar-refractivity contribution in [1.29, 1.82) is 0 Å². The summed E-state index contributed by atoms with van der Waals surface area (Å²) in [6.45, 7) is 2.93. The zero-order chi connectivity index (χ0) is 25.5. The molecule has 1 atom stereocenters. The largest absolute Gasteiger partial charge is 0.303 e. The Balaban J connectivity index is 1.40. The van der Waals surface area contributed by atoms with Gasteiger partial charge >= 0.3 is 0 Å². The summed E-state index contributed by atoms with van der Waals surface area (Å²) >= 11 is 6.28. The minimum absolute atomic E-state index is 0.00383. The van der Waals surface area contributed by atoms with E-state index in [0.717, 1.165) is 50.0 Å². The number of nitrogens with zero attached hydrogens (tertiary/aromatic N) is 2. The fourth-order valence-electron chi connectivity index (χ4n) is 4.90. The number of carbonyl (C=O) groups excluding carboxylic acids is 1. The van der Waals surface area contributed by atoms with Gasteiger partial charge in [-0.1, -0.05) is 72.3 Å². The van der Waals surface area contributed by atoms with Crippen LogP contribution in [-0.4, -0.2) is 56.6 Å². The topological polar surface area (TPSA) is 57.7 Å². The van der Waals surface area contributed by atoms with Gasteiger partial charge in [0.2, 0.25) is 10.0 Å². The summed E-state index contributed by atoms with van der Waals surface area (Å²) in [5.41, 5.74) is 1.83. The second-order valence-corrected chi connectivity index (χ2v) is 12.0. The van der Waals surface area contributed by atoms with Crippen LogP contribution < -0.4 is 0 Å². The summed E-state index contributed by atoms with van der Waals surface area (Å²) in [6, 6.07) is 25.8. The molecule has 4 rings (SSSR count). The Hall–Kier alpha value is -2.51. The molecule has 1 saturated heterocycles. The highest BCUT2D eigenvalue weighted by molar-refractivity contribution is 7.89. The summed E-state index contributed by atoms with van der Waals surface area (Å²) in [5.74, 6) is 0.296. The van der Waals surface area contributed by atoms with Gasteiger partial charge in [0.15, 0.2) is 5.78 Å². The van der Waals surface area contributed by atoms with Crippen molar-refractivity contribution in [3.63, 3.8) is 0 Å². The molecular weight excluding hydrogens is 492 g/mol. The zero-order valence-corrected chi connectivity index (χ0v) is 22.2. The van der Waals surface area contributed by atoms with E-state index in [1.807, 2.05) is 60.7 Å². The first-order valence-electron chi connectivity index (χ1n) is 12.4. The number of sulfonamides is 1. The van der Waals surface area contributed by atoms with Crippen molar-refractivity contribution < 1.29 is 13.2 Å². The molecule has 36 heavy (non-hydrogen) atoms. The molecule has 1 aliphatic rings. The summed E-state index contributed by atoms with van der Waals surface area (Å²) in [5, 5.41) is 0.645. The third-order valence-electron chi connectivity index (χ3n) is 7.06. The van der Waals surface area contributed by atoms with Crippen molar-refractivity contribution in [3.05, 3.63) is 101 Å². The van der Waals surface area contributed by atoms with Gasteiger partial charge in [-0.05, 0) is 74.6 Å². The lowest BCUT2D eigenvalue weighted by Crippen LogP contribution is -2.38. The molecule has 1 fully saturated rings. The maximum atomic E-state index is 13.1. The lowest BCUT2D eigenvalue weighted by molar-refractivity contribution is 0.0837. The second kappa shape index (κ2) is 12.2. The highest BCUT2D eigenvalue weighted by Crippen LogP contribution is 2.28. The number of hydrogen-bond acceptors (Lipinski definition) is 4. The number of piperidine rings is 1. The average Bonchev–Trinajstić information content (AvgIpc) is 2.91. The van der Waals surface area contributed by atoms with Gasteiger partial charge in [-0.15, -0.1) is 0 Å². The van der Waals surface area contributed by atoms with E-state index < -0.39 is 10.0 Å². The molecule has 0 saturated carbocycles. The van der Waals surface area contributed by atoms with Crippen LogP contribution in [0.4, 0.5) is 0 Å². The van der Waals surface area contributed by atoms with Gasteiger partial charge in [0, 0.05) is 30.1 Å². The minimum atomic E-state index is -3.59. The molecular formula is C29H33ClN2O3S. The van der Waals surface area contributed by atoms with Crippen molar-refractivity contribution in [3.8, 4) is 0 Å². The van der Waals surface area contributed by atoms with Crippen molar-refractivity contribution in [2.45, 2.75) is 30.1 Å². The van der Waals surface area contributed by atoms with E-state index in [-0.39, 0.29) is 17.6 Å². The molecule has 3 aromatic rings. The number of likely N-dealkylation sites (tertiary alicyclic amines) is 1. The van der Waals surface area contributed by atoms with E-state index >= 15 is 0 Å². The predicted octanol–water partition coefficient (Wildman–Crippen LogP) is 5.73. The molecule has 5 nitrogen and oxygen atoms in total. The van der Waals surface area contributed by atoms with E-state index in [2.05, 4.69) is 4.90 Å². The molecule has 0 radical (unpaired) electrons. The van der Waals surface area contributed by atoms with Crippen LogP contribution in [0.3, 0.4) is 0 Å². The SMILES string of the molecule is CN(C[C@@H](CCN1CCC(C(=O)c2ccccc2)CC1)c1cccc(Cl)c1)S(=O)(=O)c1ccccc1. The van der Waals surface area contributed by atoms with Crippen LogP contribution >= 0.6 is 11.6 Å². The maximum absolute atomic E-state index is 13.1. The molecule has 190 valence electrons. The number of hydrogen-bond donors (Lipinski definition) is 0. The minimum Gasteiger partial charge on any atom is -0.303 e. The first kappa shape index (κ1) is 26.6. The Kier molecular flexibility index (Phi) is 8.96. The fourth-order valence-corrected chi connectivity index (χ4v) is 6.34. The smallest absolute Gasteiger partial charge is 0.242 e. The predicted molar refractivity (Wildman–Crippen MR) is 145 cm³/mol. The summed E-state index contributed by atoms with van der Waals surface area (Å²) in [7, 11) is -1.95. The van der Waals surface area contributed by atoms with E-state index in [1.165, 1.54) is 4.31 Å². The van der Waals surface area contributed by atoms with Crippen molar-refractivity contribution in [2.75, 3.05) is 33.2 Å². The summed E-state index contributed by atoms with van der Waals surface area (Å²) < 4.78 is 27.7. The van der Waals surface area contributed by atoms with Crippen LogP contribution in [0.15, 0.2) is 89.8 Å². The number of carbonyl (C=O) groups is 1. The van der Waals surface area contributed by atoms with Crippen molar-refractivity contribution in [1.82, 2.24) is 9.21 Å². The lowest BCUT2D eigenvalue weighted by Gasteiger charge is -2.33. The average molecular weight is 525 g/mol. The molecule has 0 unspecified atom stereocenters. The fraction of sp³-hybridized carbons (Fsp3) is 0.345. The number of ketones is 1. The maximum Gasteiger partial charge on any atom is 0.242 e. The third-order valence-corrected chi connectivity index (χ3v) is 9.13. The van der Waals surface area contributed by atoms with Crippen molar-refractivity contribution in [2.24, 2.45) is 5.92 Å². The number of benzene rings is 3. The van der Waals surface area contributed by atoms with Gasteiger partial charge in [-0.25, -0.2) is 12.7 Å². The molecule has 0 aliphatic carbocycles. The standard InChI is InChI=1S/C29H33ClN2O3S/c1-31(36(34,35)28-13-6-3-7-14-28)22-26(25-11-8-12-27(30)21-25)17-20-32-18-15-24(16-19-32)29(33)23-9-4-2-5-10-23/h2-14,21,24,26H,15-20,22H2,1H3/t26-/m1/s1. The van der Waals surface area contributed by atoms with Crippen LogP contribution in [-0.2, 0) is 10.0 Å². The van der Waals surface area contributed by atoms with Crippen LogP contribution in [0.2, 0.25) is 5.02 Å². The summed E-state index contributed by atoms with van der Waals surface area (Å²) in [4.78, 5) is 15.5. The van der Waals surface area contributed by atoms with Crippen LogP contribution in [0.5, 0.6) is 0 Å². The number of halogens is 1. The number of rotatable bonds is 10. The Bertz CT molecular complexity index is 1240. The highest BCUT2D eigenvalue weighted by Gasteiger charge is 2.28. The second-order valence-electron chi connectivity index (χ2n) is 9.49. The molecule has 0 N–H and O–H groups in total. The summed E-state index contributed by atoms with van der Waals surface area (Å²) in [6.07, 6.45) is 2.49. The lowest BCUT2D eigenvalue weighted by atomic mass is 9.88. The zero-order valence-electron chi connectivity index (χ0n) is 20.6. The van der Waals surface area contributed by atoms with Crippen LogP contribution in [0.25, 0.3) is 0 Å². The monoisotopic (exact) mass is 524 g/mol. The third kappa shape index (κ3) is 6.62. The number of likely N-dealkylation sites (N-methyl/N-ethyl adjacent to an activating group) is 1. The Morgan fingerprint density at radius 2 is 1.61 bits per heavy atom. The Labute approximate surface area is 219 Å². The molecule has 0 spiro atoms. The van der Waals surface area contributed by atoms with E-state index in [1.54, 1.807) is 31.3 Å². The Morgan fingerprint density at radius 3 is 2.25 bits per heavy atom. The number of Topliss-reactive ketones (excluding diaryl/α,β-unsaturated/α-hetero) is 1.